The van der Waals surface area contributed by atoms with Gasteiger partial charge in [0.2, 0.25) is 5.88 Å². The van der Waals surface area contributed by atoms with Gasteiger partial charge in [-0.1, -0.05) is 23.2 Å². The monoisotopic (exact) mass is 362 g/mol. The lowest BCUT2D eigenvalue weighted by atomic mass is 10.3. The van der Waals surface area contributed by atoms with Crippen LogP contribution in [-0.2, 0) is 0 Å². The van der Waals surface area contributed by atoms with Gasteiger partial charge in [-0.15, -0.1) is 0 Å². The van der Waals surface area contributed by atoms with Crippen LogP contribution in [0.5, 0.6) is 11.6 Å². The van der Waals surface area contributed by atoms with Gasteiger partial charge in [-0.3, -0.25) is 0 Å². The quantitative estimate of drug-likeness (QED) is 0.491. The van der Waals surface area contributed by atoms with Gasteiger partial charge in [0.25, 0.3) is 0 Å². The van der Waals surface area contributed by atoms with Crippen molar-refractivity contribution < 1.29 is 4.74 Å². The summed E-state index contributed by atoms with van der Waals surface area (Å²) in [7, 11) is 0. The maximum absolute atomic E-state index is 6.08. The fourth-order valence-electron chi connectivity index (χ4n) is 1.37. The Kier molecular flexibility index (Phi) is 4.46. The number of rotatable bonds is 3. The van der Waals surface area contributed by atoms with Crippen molar-refractivity contribution in [3.05, 3.63) is 38.5 Å². The predicted molar refractivity (Wildman–Crippen MR) is 78.8 cm³/mol. The van der Waals surface area contributed by atoms with Crippen molar-refractivity contribution in [2.75, 3.05) is 5.43 Å². The Balaban J connectivity index is 2.39. The third-order valence-electron chi connectivity index (χ3n) is 2.36. The molecule has 100 valence electrons. The van der Waals surface area contributed by atoms with Gasteiger partial charge in [-0.2, -0.15) is 0 Å². The summed E-state index contributed by atoms with van der Waals surface area (Å²) in [5.74, 6) is 6.57. The molecule has 1 heterocycles. The SMILES string of the molecule is Cc1c(NN)ncnc1Oc1cc(Cl)c(Br)cc1Cl. The Labute approximate surface area is 128 Å². The van der Waals surface area contributed by atoms with Crippen LogP contribution >= 0.6 is 39.1 Å². The van der Waals surface area contributed by atoms with Gasteiger partial charge in [0.15, 0.2) is 0 Å². The van der Waals surface area contributed by atoms with E-state index >= 15 is 0 Å². The molecule has 0 saturated heterocycles. The van der Waals surface area contributed by atoms with E-state index in [1.807, 2.05) is 0 Å². The number of anilines is 1. The van der Waals surface area contributed by atoms with Crippen LogP contribution in [0.3, 0.4) is 0 Å². The summed E-state index contributed by atoms with van der Waals surface area (Å²) in [4.78, 5) is 7.99. The fourth-order valence-corrected chi connectivity index (χ4v) is 2.20. The number of nitrogens with one attached hydrogen (secondary N) is 1. The van der Waals surface area contributed by atoms with Crippen molar-refractivity contribution in [2.45, 2.75) is 6.92 Å². The van der Waals surface area contributed by atoms with E-state index in [0.717, 1.165) is 0 Å². The van der Waals surface area contributed by atoms with E-state index in [-0.39, 0.29) is 0 Å². The number of nitrogens with two attached hydrogens (primary N) is 1. The van der Waals surface area contributed by atoms with E-state index in [4.69, 9.17) is 33.8 Å². The third kappa shape index (κ3) is 3.09. The molecule has 0 fully saturated rings. The molecule has 0 aliphatic rings. The molecule has 8 heteroatoms. The molecular weight excluding hydrogens is 355 g/mol. The van der Waals surface area contributed by atoms with Gasteiger partial charge in [-0.25, -0.2) is 15.8 Å². The molecule has 1 aromatic heterocycles. The largest absolute Gasteiger partial charge is 0.437 e. The van der Waals surface area contributed by atoms with E-state index in [2.05, 4.69) is 31.3 Å². The number of nitrogen functional groups attached to an aromatic ring is 1. The Morgan fingerprint density at radius 1 is 1.26 bits per heavy atom. The molecule has 0 bridgehead atoms. The first-order chi connectivity index (χ1) is 9.02. The Hall–Kier alpha value is -1.08. The number of halogens is 3. The van der Waals surface area contributed by atoms with E-state index < -0.39 is 0 Å². The summed E-state index contributed by atoms with van der Waals surface area (Å²) >= 11 is 15.4. The van der Waals surface area contributed by atoms with Crippen LogP contribution < -0.4 is 16.0 Å². The summed E-state index contributed by atoms with van der Waals surface area (Å²) < 4.78 is 6.32. The van der Waals surface area contributed by atoms with E-state index in [0.29, 0.717) is 37.5 Å². The fraction of sp³-hybridized carbons (Fsp3) is 0.0909. The Morgan fingerprint density at radius 2 is 2.00 bits per heavy atom. The Morgan fingerprint density at radius 3 is 2.68 bits per heavy atom. The van der Waals surface area contributed by atoms with Gasteiger partial charge in [-0.05, 0) is 28.9 Å². The zero-order valence-corrected chi connectivity index (χ0v) is 12.8. The average Bonchev–Trinajstić information content (AvgIpc) is 2.38. The number of benzene rings is 1. The summed E-state index contributed by atoms with van der Waals surface area (Å²) in [6.07, 6.45) is 1.34. The maximum Gasteiger partial charge on any atom is 0.227 e. The van der Waals surface area contributed by atoms with Crippen LogP contribution in [0.1, 0.15) is 5.56 Å². The van der Waals surface area contributed by atoms with Crippen molar-refractivity contribution in [3.8, 4) is 11.6 Å². The van der Waals surface area contributed by atoms with Crippen molar-refractivity contribution in [3.63, 3.8) is 0 Å². The lowest BCUT2D eigenvalue weighted by Gasteiger charge is -2.11. The average molecular weight is 364 g/mol. The molecule has 0 radical (unpaired) electrons. The molecule has 1 aromatic carbocycles. The lowest BCUT2D eigenvalue weighted by Crippen LogP contribution is -2.11. The van der Waals surface area contributed by atoms with Crippen LogP contribution in [0.4, 0.5) is 5.82 Å². The molecule has 2 aromatic rings. The first-order valence-electron chi connectivity index (χ1n) is 5.13. The molecule has 0 aliphatic carbocycles. The summed E-state index contributed by atoms with van der Waals surface area (Å²) in [6.45, 7) is 1.78. The topological polar surface area (TPSA) is 73.1 Å². The van der Waals surface area contributed by atoms with E-state index in [1.54, 1.807) is 19.1 Å². The highest BCUT2D eigenvalue weighted by atomic mass is 79.9. The maximum atomic E-state index is 6.08. The second-order valence-electron chi connectivity index (χ2n) is 3.60. The number of hydrazine groups is 1. The number of ether oxygens (including phenoxy) is 1. The van der Waals surface area contributed by atoms with Gasteiger partial charge < -0.3 is 10.2 Å². The van der Waals surface area contributed by atoms with Crippen LogP contribution in [0.2, 0.25) is 10.0 Å². The molecule has 2 rings (SSSR count). The van der Waals surface area contributed by atoms with Gasteiger partial charge in [0.05, 0.1) is 15.6 Å². The predicted octanol–water partition coefficient (Wildman–Crippen LogP) is 3.93. The molecule has 0 aliphatic heterocycles. The van der Waals surface area contributed by atoms with E-state index in [9.17, 15) is 0 Å². The molecular formula is C11H9BrCl2N4O. The Bertz CT molecular complexity index is 624. The smallest absolute Gasteiger partial charge is 0.227 e. The van der Waals surface area contributed by atoms with Gasteiger partial charge >= 0.3 is 0 Å². The third-order valence-corrected chi connectivity index (χ3v) is 3.85. The molecule has 0 spiro atoms. The highest BCUT2D eigenvalue weighted by molar-refractivity contribution is 9.10. The minimum absolute atomic E-state index is 0.350. The van der Waals surface area contributed by atoms with Crippen molar-refractivity contribution in [2.24, 2.45) is 5.84 Å². The summed E-state index contributed by atoms with van der Waals surface area (Å²) in [5.41, 5.74) is 3.13. The van der Waals surface area contributed by atoms with Crippen molar-refractivity contribution in [1.82, 2.24) is 9.97 Å². The molecule has 0 amide bonds. The second kappa shape index (κ2) is 5.92. The molecule has 3 N–H and O–H groups in total. The highest BCUT2D eigenvalue weighted by Crippen LogP contribution is 2.37. The zero-order chi connectivity index (χ0) is 14.0. The first-order valence-corrected chi connectivity index (χ1v) is 6.68. The molecule has 19 heavy (non-hydrogen) atoms. The molecule has 0 unspecified atom stereocenters. The first kappa shape index (κ1) is 14.3. The summed E-state index contributed by atoms with van der Waals surface area (Å²) in [5, 5.41) is 0.903. The highest BCUT2D eigenvalue weighted by Gasteiger charge is 2.12. The normalized spacial score (nSPS) is 10.4. The van der Waals surface area contributed by atoms with Gasteiger partial charge in [0, 0.05) is 10.5 Å². The number of hydrogen-bond acceptors (Lipinski definition) is 5. The minimum Gasteiger partial charge on any atom is -0.437 e. The van der Waals surface area contributed by atoms with Gasteiger partial charge in [0.1, 0.15) is 17.9 Å². The molecule has 0 saturated carbocycles. The van der Waals surface area contributed by atoms with Crippen molar-refractivity contribution in [1.29, 1.82) is 0 Å². The van der Waals surface area contributed by atoms with Crippen LogP contribution in [-0.4, -0.2) is 9.97 Å². The van der Waals surface area contributed by atoms with Crippen LogP contribution in [0, 0.1) is 6.92 Å². The summed E-state index contributed by atoms with van der Waals surface area (Å²) in [6, 6.07) is 3.25. The molecule has 0 atom stereocenters. The molecule has 5 nitrogen and oxygen atoms in total. The number of aromatic nitrogens is 2. The van der Waals surface area contributed by atoms with Crippen LogP contribution in [0.15, 0.2) is 22.9 Å². The second-order valence-corrected chi connectivity index (χ2v) is 5.26. The van der Waals surface area contributed by atoms with Crippen molar-refractivity contribution >= 4 is 44.9 Å². The minimum atomic E-state index is 0.350. The zero-order valence-electron chi connectivity index (χ0n) is 9.75. The number of hydrogen-bond donors (Lipinski definition) is 2. The number of nitrogens with zero attached hydrogens (tertiary/aromatic N) is 2. The van der Waals surface area contributed by atoms with Crippen LogP contribution in [0.25, 0.3) is 0 Å². The van der Waals surface area contributed by atoms with E-state index in [1.165, 1.54) is 6.33 Å². The lowest BCUT2D eigenvalue weighted by molar-refractivity contribution is 0.458. The standard InChI is InChI=1S/C11H9BrCl2N4O/c1-5-10(18-15)16-4-17-11(5)19-9-3-7(13)6(12)2-8(9)14/h2-4H,15H2,1H3,(H,16,17,18).